The molecule has 2 heterocycles. The molecule has 134 valence electrons. The third kappa shape index (κ3) is 3.56. The van der Waals surface area contributed by atoms with E-state index in [0.29, 0.717) is 18.7 Å². The van der Waals surface area contributed by atoms with E-state index in [4.69, 9.17) is 0 Å². The number of aromatic nitrogens is 2. The van der Waals surface area contributed by atoms with Crippen LogP contribution in [0.3, 0.4) is 0 Å². The molecule has 0 aliphatic carbocycles. The van der Waals surface area contributed by atoms with Gasteiger partial charge in [0.2, 0.25) is 0 Å². The van der Waals surface area contributed by atoms with Gasteiger partial charge < -0.3 is 10.0 Å². The molecular weight excluding hydrogens is 328 g/mol. The van der Waals surface area contributed by atoms with E-state index >= 15 is 0 Å². The third-order valence-corrected chi connectivity index (χ3v) is 4.50. The van der Waals surface area contributed by atoms with Gasteiger partial charge in [0.15, 0.2) is 11.5 Å². The largest absolute Gasteiger partial charge is 0.393 e. The summed E-state index contributed by atoms with van der Waals surface area (Å²) in [6.45, 7) is 4.04. The lowest BCUT2D eigenvalue weighted by Gasteiger charge is -2.24. The first kappa shape index (κ1) is 17.5. The summed E-state index contributed by atoms with van der Waals surface area (Å²) in [5, 5.41) is 13.8. The maximum Gasteiger partial charge on any atom is 0.274 e. The minimum atomic E-state index is -0.738. The number of benzene rings is 1. The van der Waals surface area contributed by atoms with Crippen LogP contribution in [0.2, 0.25) is 0 Å². The number of likely N-dealkylation sites (tertiary alicyclic amines) is 1. The number of carbonyl (C=O) groups is 1. The molecule has 1 saturated heterocycles. The van der Waals surface area contributed by atoms with Crippen molar-refractivity contribution in [1.29, 1.82) is 0 Å². The topological polar surface area (TPSA) is 58.4 Å². The van der Waals surface area contributed by atoms with Crippen LogP contribution >= 0.6 is 0 Å². The van der Waals surface area contributed by atoms with E-state index < -0.39 is 17.7 Å². The normalized spacial score (nSPS) is 18.6. The summed E-state index contributed by atoms with van der Waals surface area (Å²) >= 11 is 0. The van der Waals surface area contributed by atoms with Gasteiger partial charge in [-0.2, -0.15) is 5.10 Å². The molecule has 1 aliphatic rings. The van der Waals surface area contributed by atoms with Gasteiger partial charge in [0.1, 0.15) is 11.5 Å². The molecule has 1 aromatic carbocycles. The summed E-state index contributed by atoms with van der Waals surface area (Å²) < 4.78 is 28.4. The molecule has 3 rings (SSSR count). The molecule has 2 atom stereocenters. The molecule has 5 nitrogen and oxygen atoms in total. The zero-order chi connectivity index (χ0) is 18.1. The zero-order valence-corrected chi connectivity index (χ0v) is 14.2. The van der Waals surface area contributed by atoms with E-state index in [0.717, 1.165) is 25.0 Å². The van der Waals surface area contributed by atoms with Crippen molar-refractivity contribution in [3.63, 3.8) is 0 Å². The molecule has 7 heteroatoms. The first-order valence-electron chi connectivity index (χ1n) is 8.38. The van der Waals surface area contributed by atoms with Gasteiger partial charge in [0.05, 0.1) is 6.10 Å². The maximum atomic E-state index is 14.0. The first-order chi connectivity index (χ1) is 11.9. The summed E-state index contributed by atoms with van der Waals surface area (Å²) in [6.07, 6.45) is 1.78. The minimum absolute atomic E-state index is 0.0134. The summed E-state index contributed by atoms with van der Waals surface area (Å²) in [5.41, 5.74) is 0.902. The van der Waals surface area contributed by atoms with Crippen molar-refractivity contribution in [2.75, 3.05) is 6.54 Å². The van der Waals surface area contributed by atoms with E-state index in [1.807, 2.05) is 0 Å². The fourth-order valence-electron chi connectivity index (χ4n) is 3.36. The lowest BCUT2D eigenvalue weighted by molar-refractivity contribution is 0.0675. The Balaban J connectivity index is 1.88. The molecule has 1 aliphatic heterocycles. The van der Waals surface area contributed by atoms with Crippen molar-refractivity contribution >= 4 is 5.91 Å². The molecule has 1 N–H and O–H groups in total. The molecule has 1 aromatic heterocycles. The number of aliphatic hydroxyl groups excluding tert-OH is 1. The number of halogens is 2. The van der Waals surface area contributed by atoms with Crippen molar-refractivity contribution < 1.29 is 18.7 Å². The monoisotopic (exact) mass is 349 g/mol. The molecular formula is C18H21F2N3O2. The van der Waals surface area contributed by atoms with Crippen LogP contribution < -0.4 is 0 Å². The number of nitrogens with zero attached hydrogens (tertiary/aromatic N) is 3. The predicted molar refractivity (Wildman–Crippen MR) is 88.6 cm³/mol. The second-order valence-electron chi connectivity index (χ2n) is 6.56. The van der Waals surface area contributed by atoms with Crippen molar-refractivity contribution in [1.82, 2.24) is 14.7 Å². The molecule has 1 fully saturated rings. The molecule has 2 unspecified atom stereocenters. The molecule has 25 heavy (non-hydrogen) atoms. The van der Waals surface area contributed by atoms with Crippen molar-refractivity contribution in [3.8, 4) is 5.69 Å². The Morgan fingerprint density at radius 2 is 2.16 bits per heavy atom. The quantitative estimate of drug-likeness (QED) is 0.923. The van der Waals surface area contributed by atoms with Crippen molar-refractivity contribution in [2.45, 2.75) is 45.3 Å². The van der Waals surface area contributed by atoms with E-state index in [1.54, 1.807) is 24.8 Å². The van der Waals surface area contributed by atoms with E-state index in [1.165, 1.54) is 10.7 Å². The first-order valence-corrected chi connectivity index (χ1v) is 8.38. The molecule has 0 spiro atoms. The Hall–Kier alpha value is -2.28. The highest BCUT2D eigenvalue weighted by atomic mass is 19.1. The Bertz CT molecular complexity index is 789. The molecule has 0 bridgehead atoms. The molecule has 0 saturated carbocycles. The Kier molecular flexibility index (Phi) is 4.85. The molecule has 2 aromatic rings. The number of rotatable bonds is 4. The van der Waals surface area contributed by atoms with Crippen LogP contribution in [0.15, 0.2) is 24.3 Å². The van der Waals surface area contributed by atoms with E-state index in [2.05, 4.69) is 5.10 Å². The third-order valence-electron chi connectivity index (χ3n) is 4.50. The fraction of sp³-hybridized carbons (Fsp3) is 0.444. The standard InChI is InChI=1S/C18H21F2N3O2/c1-11-8-16(18(25)22-7-3-4-14(22)9-12(2)24)21-23(11)17-6-5-13(19)10-15(17)20/h5-6,8,10,12,14,24H,3-4,7,9H2,1-2H3. The number of amides is 1. The van der Waals surface area contributed by atoms with Gasteiger partial charge in [-0.05, 0) is 51.3 Å². The summed E-state index contributed by atoms with van der Waals surface area (Å²) in [4.78, 5) is 14.5. The van der Waals surface area contributed by atoms with Crippen LogP contribution in [0, 0.1) is 18.6 Å². The van der Waals surface area contributed by atoms with Gasteiger partial charge in [-0.15, -0.1) is 0 Å². The van der Waals surface area contributed by atoms with Crippen LogP contribution in [0.25, 0.3) is 5.69 Å². The van der Waals surface area contributed by atoms with Crippen molar-refractivity contribution in [2.24, 2.45) is 0 Å². The lowest BCUT2D eigenvalue weighted by Crippen LogP contribution is -2.37. The Morgan fingerprint density at radius 1 is 1.40 bits per heavy atom. The second kappa shape index (κ2) is 6.92. The van der Waals surface area contributed by atoms with Crippen molar-refractivity contribution in [3.05, 3.63) is 47.3 Å². The fourth-order valence-corrected chi connectivity index (χ4v) is 3.36. The minimum Gasteiger partial charge on any atom is -0.393 e. The highest BCUT2D eigenvalue weighted by Crippen LogP contribution is 2.24. The summed E-state index contributed by atoms with van der Waals surface area (Å²) in [6, 6.07) is 4.83. The van der Waals surface area contributed by atoms with Gasteiger partial charge in [-0.1, -0.05) is 0 Å². The van der Waals surface area contributed by atoms with Gasteiger partial charge in [-0.3, -0.25) is 4.79 Å². The van der Waals surface area contributed by atoms with Crippen LogP contribution in [0.1, 0.15) is 42.4 Å². The second-order valence-corrected chi connectivity index (χ2v) is 6.56. The number of hydrogen-bond donors (Lipinski definition) is 1. The van der Waals surface area contributed by atoms with E-state index in [9.17, 15) is 18.7 Å². The van der Waals surface area contributed by atoms with Crippen LogP contribution in [0.5, 0.6) is 0 Å². The predicted octanol–water partition coefficient (Wildman–Crippen LogP) is 2.83. The highest BCUT2D eigenvalue weighted by Gasteiger charge is 2.31. The summed E-state index contributed by atoms with van der Waals surface area (Å²) in [7, 11) is 0. The molecule has 0 radical (unpaired) electrons. The average molecular weight is 349 g/mol. The average Bonchev–Trinajstić information content (AvgIpc) is 3.13. The number of carbonyl (C=O) groups excluding carboxylic acids is 1. The Labute approximate surface area is 144 Å². The van der Waals surface area contributed by atoms with Gasteiger partial charge in [0.25, 0.3) is 5.91 Å². The molecule has 1 amide bonds. The number of aliphatic hydroxyl groups is 1. The van der Waals surface area contributed by atoms with Crippen LogP contribution in [0.4, 0.5) is 8.78 Å². The number of hydrogen-bond acceptors (Lipinski definition) is 3. The zero-order valence-electron chi connectivity index (χ0n) is 14.2. The number of aryl methyl sites for hydroxylation is 1. The smallest absolute Gasteiger partial charge is 0.274 e. The van der Waals surface area contributed by atoms with Gasteiger partial charge in [0, 0.05) is 24.3 Å². The lowest BCUT2D eigenvalue weighted by atomic mass is 10.1. The van der Waals surface area contributed by atoms with Crippen LogP contribution in [-0.4, -0.2) is 44.4 Å². The SMILES string of the molecule is Cc1cc(C(=O)N2CCCC2CC(C)O)nn1-c1ccc(F)cc1F. The van der Waals surface area contributed by atoms with Gasteiger partial charge >= 0.3 is 0 Å². The van der Waals surface area contributed by atoms with Crippen LogP contribution in [-0.2, 0) is 0 Å². The maximum absolute atomic E-state index is 14.0. The Morgan fingerprint density at radius 3 is 2.84 bits per heavy atom. The van der Waals surface area contributed by atoms with E-state index in [-0.39, 0.29) is 23.3 Å². The summed E-state index contributed by atoms with van der Waals surface area (Å²) in [5.74, 6) is -1.63. The highest BCUT2D eigenvalue weighted by molar-refractivity contribution is 5.93. The van der Waals surface area contributed by atoms with Gasteiger partial charge in [-0.25, -0.2) is 13.5 Å².